The fourth-order valence-electron chi connectivity index (χ4n) is 4.77. The number of amides is 1. The molecule has 0 aliphatic carbocycles. The van der Waals surface area contributed by atoms with Crippen molar-refractivity contribution in [3.8, 4) is 0 Å². The third-order valence-corrected chi connectivity index (χ3v) is 6.53. The van der Waals surface area contributed by atoms with Crippen LogP contribution in [-0.4, -0.2) is 59.4 Å². The molecule has 166 valence electrons. The highest BCUT2D eigenvalue weighted by molar-refractivity contribution is 5.86. The van der Waals surface area contributed by atoms with E-state index in [0.29, 0.717) is 37.9 Å². The van der Waals surface area contributed by atoms with Gasteiger partial charge in [-0.3, -0.25) is 14.4 Å². The van der Waals surface area contributed by atoms with Crippen LogP contribution in [0.15, 0.2) is 29.1 Å². The highest BCUT2D eigenvalue weighted by Gasteiger charge is 2.26. The van der Waals surface area contributed by atoms with Gasteiger partial charge in [0, 0.05) is 37.0 Å². The van der Waals surface area contributed by atoms with E-state index in [1.165, 1.54) is 0 Å². The average molecular weight is 426 g/mol. The summed E-state index contributed by atoms with van der Waals surface area (Å²) in [5, 5.41) is 1.63. The smallest absolute Gasteiger partial charge is 0.309 e. The molecule has 0 bridgehead atoms. The summed E-state index contributed by atoms with van der Waals surface area (Å²) in [6, 6.07) is 7.61. The third kappa shape index (κ3) is 4.82. The number of piperidine rings is 1. The van der Waals surface area contributed by atoms with Crippen LogP contribution in [-0.2, 0) is 27.3 Å². The molecule has 2 aliphatic heterocycles. The van der Waals surface area contributed by atoms with Gasteiger partial charge in [-0.15, -0.1) is 0 Å². The van der Waals surface area contributed by atoms with Crippen molar-refractivity contribution in [2.45, 2.75) is 45.6 Å². The largest absolute Gasteiger partial charge is 0.466 e. The molecule has 31 heavy (non-hydrogen) atoms. The fourth-order valence-corrected chi connectivity index (χ4v) is 4.77. The molecule has 0 unspecified atom stereocenters. The number of aromatic nitrogens is 1. The summed E-state index contributed by atoms with van der Waals surface area (Å²) in [5.74, 6) is 0.117. The number of H-pyrrole nitrogens is 1. The van der Waals surface area contributed by atoms with Crippen LogP contribution < -0.4 is 5.56 Å². The molecule has 2 aliphatic rings. The zero-order chi connectivity index (χ0) is 21.8. The molecule has 4 rings (SSSR count). The van der Waals surface area contributed by atoms with Crippen molar-refractivity contribution in [1.82, 2.24) is 14.8 Å². The molecule has 1 N–H and O–H groups in total. The Kier molecular flexibility index (Phi) is 6.70. The Morgan fingerprint density at radius 2 is 1.87 bits per heavy atom. The highest BCUT2D eigenvalue weighted by Crippen LogP contribution is 2.25. The molecular weight excluding hydrogens is 394 g/mol. The van der Waals surface area contributed by atoms with Gasteiger partial charge in [-0.1, -0.05) is 18.2 Å². The normalized spacial score (nSPS) is 17.5. The highest BCUT2D eigenvalue weighted by atomic mass is 16.5. The van der Waals surface area contributed by atoms with E-state index in [1.807, 2.05) is 36.1 Å². The Balaban J connectivity index is 1.28. The predicted molar refractivity (Wildman–Crippen MR) is 119 cm³/mol. The minimum atomic E-state index is -0.0726. The van der Waals surface area contributed by atoms with Gasteiger partial charge in [0.15, 0.2) is 0 Å². The minimum Gasteiger partial charge on any atom is -0.466 e. The molecule has 7 heteroatoms. The first-order valence-corrected chi connectivity index (χ1v) is 11.4. The number of rotatable bonds is 6. The summed E-state index contributed by atoms with van der Waals surface area (Å²) in [6.07, 6.45) is 3.69. The number of hydrogen-bond acceptors (Lipinski definition) is 5. The van der Waals surface area contributed by atoms with E-state index in [4.69, 9.17) is 4.74 Å². The van der Waals surface area contributed by atoms with E-state index in [1.54, 1.807) is 0 Å². The molecule has 0 radical (unpaired) electrons. The summed E-state index contributed by atoms with van der Waals surface area (Å²) in [4.78, 5) is 44.2. The minimum absolute atomic E-state index is 0.0208. The molecule has 1 aromatic carbocycles. The summed E-state index contributed by atoms with van der Waals surface area (Å²) in [7, 11) is 0. The number of likely N-dealkylation sites (tertiary alicyclic amines) is 1. The zero-order valence-electron chi connectivity index (χ0n) is 18.2. The molecule has 2 aromatic rings. The number of nitrogens with zero attached hydrogens (tertiary/aromatic N) is 2. The second kappa shape index (κ2) is 9.64. The molecule has 3 heterocycles. The first-order valence-electron chi connectivity index (χ1n) is 11.4. The van der Waals surface area contributed by atoms with Crippen molar-refractivity contribution in [3.63, 3.8) is 0 Å². The Morgan fingerprint density at radius 3 is 2.61 bits per heavy atom. The van der Waals surface area contributed by atoms with Crippen LogP contribution in [0.1, 0.15) is 43.9 Å². The SMILES string of the molecule is CCOC(=O)C1CCN(CCCC(=O)N2CCc3[nH]c(=O)c4ccccc4c3C2)CC1. The van der Waals surface area contributed by atoms with Crippen LogP contribution in [0, 0.1) is 5.92 Å². The number of esters is 1. The van der Waals surface area contributed by atoms with Crippen molar-refractivity contribution in [3.05, 3.63) is 45.9 Å². The van der Waals surface area contributed by atoms with Gasteiger partial charge < -0.3 is 19.5 Å². The number of carbonyl (C=O) groups excluding carboxylic acids is 2. The molecule has 1 amide bonds. The lowest BCUT2D eigenvalue weighted by molar-refractivity contribution is -0.149. The Morgan fingerprint density at radius 1 is 1.13 bits per heavy atom. The lowest BCUT2D eigenvalue weighted by Gasteiger charge is -2.31. The van der Waals surface area contributed by atoms with Crippen LogP contribution in [0.4, 0.5) is 0 Å². The Labute approximate surface area is 182 Å². The van der Waals surface area contributed by atoms with Crippen molar-refractivity contribution in [1.29, 1.82) is 0 Å². The molecule has 1 fully saturated rings. The van der Waals surface area contributed by atoms with E-state index in [-0.39, 0.29) is 23.4 Å². The maximum atomic E-state index is 12.8. The second-order valence-corrected chi connectivity index (χ2v) is 8.49. The maximum absolute atomic E-state index is 12.8. The molecule has 0 spiro atoms. The van der Waals surface area contributed by atoms with Crippen LogP contribution in [0.5, 0.6) is 0 Å². The molecule has 1 saturated heterocycles. The lowest BCUT2D eigenvalue weighted by Crippen LogP contribution is -2.39. The fraction of sp³-hybridized carbons (Fsp3) is 0.542. The lowest BCUT2D eigenvalue weighted by atomic mass is 9.97. The second-order valence-electron chi connectivity index (χ2n) is 8.49. The first-order chi connectivity index (χ1) is 15.1. The molecule has 0 atom stereocenters. The van der Waals surface area contributed by atoms with Crippen LogP contribution >= 0.6 is 0 Å². The number of nitrogens with one attached hydrogen (secondary N) is 1. The van der Waals surface area contributed by atoms with Crippen molar-refractivity contribution >= 4 is 22.6 Å². The van der Waals surface area contributed by atoms with Gasteiger partial charge in [-0.25, -0.2) is 0 Å². The summed E-state index contributed by atoms with van der Waals surface area (Å²) in [5.41, 5.74) is 1.97. The van der Waals surface area contributed by atoms with E-state index < -0.39 is 0 Å². The predicted octanol–water partition coefficient (Wildman–Crippen LogP) is 2.47. The van der Waals surface area contributed by atoms with Crippen LogP contribution in [0.25, 0.3) is 10.8 Å². The van der Waals surface area contributed by atoms with E-state index in [0.717, 1.165) is 55.5 Å². The van der Waals surface area contributed by atoms with Gasteiger partial charge >= 0.3 is 5.97 Å². The number of ether oxygens (including phenoxy) is 1. The summed E-state index contributed by atoms with van der Waals surface area (Å²) >= 11 is 0. The number of aromatic amines is 1. The van der Waals surface area contributed by atoms with Gasteiger partial charge in [0.25, 0.3) is 5.56 Å². The monoisotopic (exact) mass is 425 g/mol. The van der Waals surface area contributed by atoms with Gasteiger partial charge in [-0.05, 0) is 62.8 Å². The molecule has 7 nitrogen and oxygen atoms in total. The van der Waals surface area contributed by atoms with Gasteiger partial charge in [0.2, 0.25) is 5.91 Å². The molecular formula is C24H31N3O4. The standard InChI is InChI=1S/C24H31N3O4/c1-2-31-24(30)17-9-13-26(14-10-17)12-5-8-22(28)27-15-11-21-20(16-27)18-6-3-4-7-19(18)23(29)25-21/h3-4,6-7,17H,2,5,8-16H2,1H3,(H,25,29). The number of hydrogen-bond donors (Lipinski definition) is 1. The van der Waals surface area contributed by atoms with Crippen molar-refractivity contribution < 1.29 is 14.3 Å². The Hall–Kier alpha value is -2.67. The first kappa shape index (κ1) is 21.6. The van der Waals surface area contributed by atoms with E-state index >= 15 is 0 Å². The van der Waals surface area contributed by atoms with E-state index in [2.05, 4.69) is 9.88 Å². The number of fused-ring (bicyclic) bond motifs is 3. The van der Waals surface area contributed by atoms with E-state index in [9.17, 15) is 14.4 Å². The van der Waals surface area contributed by atoms with Crippen molar-refractivity contribution in [2.75, 3.05) is 32.8 Å². The van der Waals surface area contributed by atoms with Crippen LogP contribution in [0.3, 0.4) is 0 Å². The number of benzene rings is 1. The number of carbonyl (C=O) groups is 2. The Bertz CT molecular complexity index is 1010. The average Bonchev–Trinajstić information content (AvgIpc) is 2.79. The third-order valence-electron chi connectivity index (χ3n) is 6.53. The maximum Gasteiger partial charge on any atom is 0.309 e. The topological polar surface area (TPSA) is 82.7 Å². The summed E-state index contributed by atoms with van der Waals surface area (Å²) in [6.45, 7) is 6.12. The van der Waals surface area contributed by atoms with Gasteiger partial charge in [0.1, 0.15) is 0 Å². The summed E-state index contributed by atoms with van der Waals surface area (Å²) < 4.78 is 5.13. The molecule has 1 aromatic heterocycles. The molecule has 0 saturated carbocycles. The van der Waals surface area contributed by atoms with Gasteiger partial charge in [-0.2, -0.15) is 0 Å². The number of pyridine rings is 1. The van der Waals surface area contributed by atoms with Gasteiger partial charge in [0.05, 0.1) is 12.5 Å². The zero-order valence-corrected chi connectivity index (χ0v) is 18.2. The van der Waals surface area contributed by atoms with Crippen molar-refractivity contribution in [2.24, 2.45) is 5.92 Å². The quantitative estimate of drug-likeness (QED) is 0.719. The van der Waals surface area contributed by atoms with Crippen LogP contribution in [0.2, 0.25) is 0 Å².